The SMILES string of the molecule is CN(c1nccc(C(=N)N)n1)C(C)(C)CO. The molecule has 0 bridgehead atoms. The predicted octanol–water partition coefficient (Wildman–Crippen LogP) is -0.0322. The molecule has 0 spiro atoms. The molecule has 0 atom stereocenters. The third-order valence-corrected chi connectivity index (χ3v) is 2.51. The average Bonchev–Trinajstić information content (AvgIpc) is 2.28. The molecule has 0 saturated heterocycles. The molecule has 0 unspecified atom stereocenters. The van der Waals surface area contributed by atoms with Crippen LogP contribution in [0.1, 0.15) is 19.5 Å². The lowest BCUT2D eigenvalue weighted by molar-refractivity contribution is 0.215. The Balaban J connectivity index is 3.05. The summed E-state index contributed by atoms with van der Waals surface area (Å²) in [5.74, 6) is 0.339. The summed E-state index contributed by atoms with van der Waals surface area (Å²) in [7, 11) is 1.79. The number of nitrogens with zero attached hydrogens (tertiary/aromatic N) is 3. The van der Waals surface area contributed by atoms with E-state index >= 15 is 0 Å². The Morgan fingerprint density at radius 3 is 2.75 bits per heavy atom. The molecule has 6 heteroatoms. The number of nitrogens with one attached hydrogen (secondary N) is 1. The summed E-state index contributed by atoms with van der Waals surface area (Å²) in [6, 6.07) is 1.58. The summed E-state index contributed by atoms with van der Waals surface area (Å²) < 4.78 is 0. The predicted molar refractivity (Wildman–Crippen MR) is 62.6 cm³/mol. The first-order valence-electron chi connectivity index (χ1n) is 4.90. The molecule has 1 rings (SSSR count). The molecule has 0 aliphatic rings. The average molecular weight is 223 g/mol. The highest BCUT2D eigenvalue weighted by atomic mass is 16.3. The second-order valence-electron chi connectivity index (χ2n) is 4.19. The number of anilines is 1. The van der Waals surface area contributed by atoms with Crippen molar-refractivity contribution in [2.75, 3.05) is 18.6 Å². The first kappa shape index (κ1) is 12.4. The van der Waals surface area contributed by atoms with Gasteiger partial charge >= 0.3 is 0 Å². The Bertz CT molecular complexity index is 391. The number of aliphatic hydroxyl groups is 1. The van der Waals surface area contributed by atoms with Gasteiger partial charge in [0, 0.05) is 13.2 Å². The van der Waals surface area contributed by atoms with E-state index in [-0.39, 0.29) is 12.4 Å². The standard InChI is InChI=1S/C10H17N5O/c1-10(2,6-16)15(3)9-13-5-4-7(14-9)8(11)12/h4-5,16H,6H2,1-3H3,(H3,11,12). The van der Waals surface area contributed by atoms with E-state index < -0.39 is 5.54 Å². The molecule has 88 valence electrons. The van der Waals surface area contributed by atoms with Crippen LogP contribution in [-0.4, -0.2) is 40.1 Å². The number of aliphatic hydroxyl groups excluding tert-OH is 1. The molecule has 0 radical (unpaired) electrons. The van der Waals surface area contributed by atoms with E-state index in [0.29, 0.717) is 11.6 Å². The van der Waals surface area contributed by atoms with Gasteiger partial charge in [-0.05, 0) is 19.9 Å². The molecule has 0 aliphatic carbocycles. The van der Waals surface area contributed by atoms with Gasteiger partial charge in [0.1, 0.15) is 11.5 Å². The Hall–Kier alpha value is -1.69. The van der Waals surface area contributed by atoms with Crippen LogP contribution >= 0.6 is 0 Å². The molecule has 0 fully saturated rings. The second kappa shape index (κ2) is 4.44. The summed E-state index contributed by atoms with van der Waals surface area (Å²) in [5.41, 5.74) is 5.27. The van der Waals surface area contributed by atoms with Gasteiger partial charge in [-0.3, -0.25) is 5.41 Å². The normalized spacial score (nSPS) is 11.2. The number of likely N-dealkylation sites (N-methyl/N-ethyl adjacent to an activating group) is 1. The highest BCUT2D eigenvalue weighted by Crippen LogP contribution is 2.17. The molecule has 6 nitrogen and oxygen atoms in total. The number of hydrogen-bond acceptors (Lipinski definition) is 5. The minimum absolute atomic E-state index is 0.0167. The minimum Gasteiger partial charge on any atom is -0.394 e. The maximum absolute atomic E-state index is 9.24. The maximum Gasteiger partial charge on any atom is 0.226 e. The first-order chi connectivity index (χ1) is 7.38. The maximum atomic E-state index is 9.24. The van der Waals surface area contributed by atoms with Crippen LogP contribution < -0.4 is 10.6 Å². The van der Waals surface area contributed by atoms with Crippen molar-refractivity contribution >= 4 is 11.8 Å². The Morgan fingerprint density at radius 1 is 1.62 bits per heavy atom. The zero-order valence-electron chi connectivity index (χ0n) is 9.73. The van der Waals surface area contributed by atoms with Gasteiger partial charge in [-0.25, -0.2) is 9.97 Å². The van der Waals surface area contributed by atoms with E-state index in [2.05, 4.69) is 9.97 Å². The summed E-state index contributed by atoms with van der Waals surface area (Å²) in [6.07, 6.45) is 1.54. The lowest BCUT2D eigenvalue weighted by Gasteiger charge is -2.33. The van der Waals surface area contributed by atoms with Crippen molar-refractivity contribution in [2.24, 2.45) is 5.73 Å². The van der Waals surface area contributed by atoms with E-state index in [0.717, 1.165) is 0 Å². The number of nitrogens with two attached hydrogens (primary N) is 1. The van der Waals surface area contributed by atoms with Crippen molar-refractivity contribution in [1.29, 1.82) is 5.41 Å². The molecule has 1 aromatic rings. The Kier molecular flexibility index (Phi) is 3.44. The molecule has 0 amide bonds. The topological polar surface area (TPSA) is 99.1 Å². The van der Waals surface area contributed by atoms with Gasteiger partial charge in [0.25, 0.3) is 0 Å². The molecule has 4 N–H and O–H groups in total. The smallest absolute Gasteiger partial charge is 0.226 e. The van der Waals surface area contributed by atoms with Gasteiger partial charge in [-0.2, -0.15) is 0 Å². The van der Waals surface area contributed by atoms with Crippen LogP contribution in [0.25, 0.3) is 0 Å². The number of rotatable bonds is 4. The lowest BCUT2D eigenvalue weighted by Crippen LogP contribution is -2.45. The zero-order chi connectivity index (χ0) is 12.3. The van der Waals surface area contributed by atoms with E-state index in [4.69, 9.17) is 11.1 Å². The highest BCUT2D eigenvalue weighted by Gasteiger charge is 2.24. The quantitative estimate of drug-likeness (QED) is 0.491. The van der Waals surface area contributed by atoms with Crippen molar-refractivity contribution < 1.29 is 5.11 Å². The van der Waals surface area contributed by atoms with Gasteiger partial charge in [0.2, 0.25) is 5.95 Å². The van der Waals surface area contributed by atoms with E-state index in [9.17, 15) is 5.11 Å². The number of nitrogen functional groups attached to an aromatic ring is 1. The van der Waals surface area contributed by atoms with Crippen molar-refractivity contribution in [3.63, 3.8) is 0 Å². The fourth-order valence-electron chi connectivity index (χ4n) is 1.04. The van der Waals surface area contributed by atoms with Crippen molar-refractivity contribution in [1.82, 2.24) is 9.97 Å². The lowest BCUT2D eigenvalue weighted by atomic mass is 10.1. The molecular weight excluding hydrogens is 206 g/mol. The van der Waals surface area contributed by atoms with Gasteiger partial charge in [-0.1, -0.05) is 0 Å². The van der Waals surface area contributed by atoms with Crippen molar-refractivity contribution in [3.05, 3.63) is 18.0 Å². The second-order valence-corrected chi connectivity index (χ2v) is 4.19. The van der Waals surface area contributed by atoms with Crippen LogP contribution in [0.2, 0.25) is 0 Å². The molecule has 0 saturated carbocycles. The molecule has 1 heterocycles. The molecule has 0 aliphatic heterocycles. The van der Waals surface area contributed by atoms with Gasteiger partial charge in [0.15, 0.2) is 0 Å². The van der Waals surface area contributed by atoms with Crippen molar-refractivity contribution in [2.45, 2.75) is 19.4 Å². The van der Waals surface area contributed by atoms with Crippen LogP contribution in [0, 0.1) is 5.41 Å². The van der Waals surface area contributed by atoms with Crippen LogP contribution in [-0.2, 0) is 0 Å². The monoisotopic (exact) mass is 223 g/mol. The number of aromatic nitrogens is 2. The van der Waals surface area contributed by atoms with Crippen molar-refractivity contribution in [3.8, 4) is 0 Å². The summed E-state index contributed by atoms with van der Waals surface area (Å²) in [4.78, 5) is 9.98. The van der Waals surface area contributed by atoms with Gasteiger partial charge in [-0.15, -0.1) is 0 Å². The number of hydrogen-bond donors (Lipinski definition) is 3. The largest absolute Gasteiger partial charge is 0.394 e. The third kappa shape index (κ3) is 2.46. The van der Waals surface area contributed by atoms with E-state index in [1.165, 1.54) is 0 Å². The van der Waals surface area contributed by atoms with Crippen LogP contribution in [0.3, 0.4) is 0 Å². The highest BCUT2D eigenvalue weighted by molar-refractivity contribution is 5.93. The van der Waals surface area contributed by atoms with E-state index in [1.54, 1.807) is 24.2 Å². The fraction of sp³-hybridized carbons (Fsp3) is 0.500. The zero-order valence-corrected chi connectivity index (χ0v) is 9.73. The summed E-state index contributed by atoms with van der Waals surface area (Å²) in [6.45, 7) is 3.73. The molecule has 1 aromatic heterocycles. The molecule has 0 aromatic carbocycles. The Labute approximate surface area is 94.6 Å². The summed E-state index contributed by atoms with van der Waals surface area (Å²) in [5, 5.41) is 16.5. The van der Waals surface area contributed by atoms with Crippen LogP contribution in [0.5, 0.6) is 0 Å². The summed E-state index contributed by atoms with van der Waals surface area (Å²) >= 11 is 0. The van der Waals surface area contributed by atoms with Crippen LogP contribution in [0.15, 0.2) is 12.3 Å². The van der Waals surface area contributed by atoms with Gasteiger partial charge in [0.05, 0.1) is 12.1 Å². The van der Waals surface area contributed by atoms with Crippen LogP contribution in [0.4, 0.5) is 5.95 Å². The molecular formula is C10H17N5O. The Morgan fingerprint density at radius 2 is 2.25 bits per heavy atom. The third-order valence-electron chi connectivity index (χ3n) is 2.51. The molecule has 16 heavy (non-hydrogen) atoms. The fourth-order valence-corrected chi connectivity index (χ4v) is 1.04. The first-order valence-corrected chi connectivity index (χ1v) is 4.90. The number of amidine groups is 1. The minimum atomic E-state index is -0.463. The van der Waals surface area contributed by atoms with Gasteiger partial charge < -0.3 is 15.7 Å². The van der Waals surface area contributed by atoms with E-state index in [1.807, 2.05) is 13.8 Å².